The fraction of sp³-hybridized carbons (Fsp3) is 0.222. The molecule has 0 heterocycles. The fourth-order valence-corrected chi connectivity index (χ4v) is 1.89. The van der Waals surface area contributed by atoms with Gasteiger partial charge in [0.15, 0.2) is 11.6 Å². The Morgan fingerprint density at radius 1 is 1.46 bits per heavy atom. The van der Waals surface area contributed by atoms with Crippen LogP contribution in [0.25, 0.3) is 0 Å². The molecule has 4 heteroatoms. The number of carbonyl (C=O) groups excluding carboxylic acids is 1. The van der Waals surface area contributed by atoms with Crippen molar-refractivity contribution in [3.8, 4) is 0 Å². The number of anilines is 1. The zero-order valence-corrected chi connectivity index (χ0v) is 7.49. The Morgan fingerprint density at radius 2 is 2.15 bits per heavy atom. The fourth-order valence-electron chi connectivity index (χ4n) is 1.58. The molecule has 0 unspecified atom stereocenters. The number of halogens is 2. The molecule has 1 aromatic rings. The molecule has 0 aromatic heterocycles. The highest BCUT2D eigenvalue weighted by Gasteiger charge is 2.27. The summed E-state index contributed by atoms with van der Waals surface area (Å²) in [5, 5.41) is 0.389. The number of Topliss-reactive ketones (excluding diaryl/α,β-unsaturated/α-hetero) is 1. The van der Waals surface area contributed by atoms with E-state index in [1.807, 2.05) is 0 Å². The topological polar surface area (TPSA) is 43.1 Å². The van der Waals surface area contributed by atoms with Crippen LogP contribution in [0.2, 0.25) is 5.02 Å². The van der Waals surface area contributed by atoms with Crippen LogP contribution < -0.4 is 5.73 Å². The Labute approximate surface area is 79.5 Å². The molecule has 0 aliphatic heterocycles. The van der Waals surface area contributed by atoms with Crippen molar-refractivity contribution in [2.45, 2.75) is 12.8 Å². The van der Waals surface area contributed by atoms with E-state index in [2.05, 4.69) is 0 Å². The number of nitrogens with two attached hydrogens (primary N) is 1. The van der Waals surface area contributed by atoms with Crippen molar-refractivity contribution in [1.29, 1.82) is 0 Å². The van der Waals surface area contributed by atoms with E-state index in [1.165, 1.54) is 6.07 Å². The van der Waals surface area contributed by atoms with Gasteiger partial charge >= 0.3 is 0 Å². The number of fused-ring (bicyclic) bond motifs is 1. The lowest BCUT2D eigenvalue weighted by Gasteiger charge is -2.04. The lowest BCUT2D eigenvalue weighted by atomic mass is 10.1. The quantitative estimate of drug-likeness (QED) is 0.651. The second-order valence-electron chi connectivity index (χ2n) is 3.04. The Balaban J connectivity index is 2.77. The minimum atomic E-state index is -0.623. The number of nitrogen functional groups attached to an aromatic ring is 1. The third kappa shape index (κ3) is 1.11. The molecular formula is C9H7ClFNO. The highest BCUT2D eigenvalue weighted by Crippen LogP contribution is 2.33. The summed E-state index contributed by atoms with van der Waals surface area (Å²) in [5.74, 6) is -0.830. The molecule has 0 fully saturated rings. The molecule has 1 aromatic carbocycles. The van der Waals surface area contributed by atoms with Crippen LogP contribution >= 0.6 is 11.6 Å². The highest BCUT2D eigenvalue weighted by molar-refractivity contribution is 6.32. The average molecular weight is 200 g/mol. The monoisotopic (exact) mass is 199 g/mol. The van der Waals surface area contributed by atoms with Gasteiger partial charge in [-0.2, -0.15) is 0 Å². The number of rotatable bonds is 0. The van der Waals surface area contributed by atoms with Crippen LogP contribution in [0.4, 0.5) is 10.1 Å². The zero-order valence-electron chi connectivity index (χ0n) is 6.73. The number of hydrogen-bond acceptors (Lipinski definition) is 2. The molecule has 0 bridgehead atoms. The lowest BCUT2D eigenvalue weighted by molar-refractivity contribution is 0.0991. The molecule has 0 spiro atoms. The third-order valence-electron chi connectivity index (χ3n) is 2.23. The predicted octanol–water partition coefficient (Wildman–Crippen LogP) is 2.19. The summed E-state index contributed by atoms with van der Waals surface area (Å²) in [4.78, 5) is 11.2. The van der Waals surface area contributed by atoms with Crippen molar-refractivity contribution in [3.05, 3.63) is 28.0 Å². The standard InChI is InChI=1S/C9H7ClFNO/c10-5-3-6(12)9(11)8-4(5)1-2-7(8)13/h3H,1-2,12H2. The third-order valence-corrected chi connectivity index (χ3v) is 2.56. The maximum atomic E-state index is 13.3. The Kier molecular flexibility index (Phi) is 1.77. The van der Waals surface area contributed by atoms with E-state index < -0.39 is 5.82 Å². The molecule has 0 radical (unpaired) electrons. The molecule has 0 saturated carbocycles. The van der Waals surface area contributed by atoms with E-state index >= 15 is 0 Å². The molecule has 1 aliphatic rings. The van der Waals surface area contributed by atoms with Crippen LogP contribution in [0.5, 0.6) is 0 Å². The van der Waals surface area contributed by atoms with E-state index in [9.17, 15) is 9.18 Å². The molecular weight excluding hydrogens is 193 g/mol. The van der Waals surface area contributed by atoms with Crippen LogP contribution in [-0.4, -0.2) is 5.78 Å². The van der Waals surface area contributed by atoms with Crippen LogP contribution in [0.1, 0.15) is 22.3 Å². The summed E-state index contributed by atoms with van der Waals surface area (Å²) in [6.45, 7) is 0. The molecule has 68 valence electrons. The van der Waals surface area contributed by atoms with Gasteiger partial charge in [0.25, 0.3) is 0 Å². The van der Waals surface area contributed by atoms with E-state index in [0.29, 0.717) is 23.4 Å². The van der Waals surface area contributed by atoms with Crippen molar-refractivity contribution < 1.29 is 9.18 Å². The van der Waals surface area contributed by atoms with E-state index in [1.54, 1.807) is 0 Å². The summed E-state index contributed by atoms with van der Waals surface area (Å²) in [6.07, 6.45) is 0.847. The molecule has 2 rings (SSSR count). The maximum Gasteiger partial charge on any atom is 0.166 e. The molecule has 2 N–H and O–H groups in total. The second kappa shape index (κ2) is 2.70. The Morgan fingerprint density at radius 3 is 2.85 bits per heavy atom. The van der Waals surface area contributed by atoms with E-state index in [-0.39, 0.29) is 17.0 Å². The summed E-state index contributed by atoms with van der Waals surface area (Å²) in [6, 6.07) is 1.36. The van der Waals surface area contributed by atoms with Gasteiger partial charge in [0.1, 0.15) is 0 Å². The largest absolute Gasteiger partial charge is 0.396 e. The summed E-state index contributed by atoms with van der Waals surface area (Å²) >= 11 is 5.81. The summed E-state index contributed by atoms with van der Waals surface area (Å²) in [5.41, 5.74) is 5.97. The smallest absolute Gasteiger partial charge is 0.166 e. The minimum Gasteiger partial charge on any atom is -0.396 e. The van der Waals surface area contributed by atoms with Gasteiger partial charge < -0.3 is 5.73 Å². The van der Waals surface area contributed by atoms with Crippen molar-refractivity contribution in [1.82, 2.24) is 0 Å². The van der Waals surface area contributed by atoms with Crippen molar-refractivity contribution in [2.75, 3.05) is 5.73 Å². The number of carbonyl (C=O) groups is 1. The number of ketones is 1. The van der Waals surface area contributed by atoms with Crippen molar-refractivity contribution in [3.63, 3.8) is 0 Å². The van der Waals surface area contributed by atoms with Crippen LogP contribution in [-0.2, 0) is 6.42 Å². The summed E-state index contributed by atoms with van der Waals surface area (Å²) < 4.78 is 13.3. The first-order valence-electron chi connectivity index (χ1n) is 3.91. The zero-order chi connectivity index (χ0) is 9.59. The summed E-state index contributed by atoms with van der Waals surface area (Å²) in [7, 11) is 0. The Hall–Kier alpha value is -1.09. The Bertz CT molecular complexity index is 403. The lowest BCUT2D eigenvalue weighted by Crippen LogP contribution is -2.01. The van der Waals surface area contributed by atoms with E-state index in [4.69, 9.17) is 17.3 Å². The molecule has 2 nitrogen and oxygen atoms in total. The van der Waals surface area contributed by atoms with Crippen LogP contribution in [0, 0.1) is 5.82 Å². The predicted molar refractivity (Wildman–Crippen MR) is 48.5 cm³/mol. The van der Waals surface area contributed by atoms with Crippen LogP contribution in [0.3, 0.4) is 0 Å². The second-order valence-corrected chi connectivity index (χ2v) is 3.45. The first kappa shape index (κ1) is 8.51. The molecule has 0 amide bonds. The first-order valence-corrected chi connectivity index (χ1v) is 4.28. The van der Waals surface area contributed by atoms with Gasteiger partial charge in [-0.25, -0.2) is 4.39 Å². The van der Waals surface area contributed by atoms with Gasteiger partial charge in [0.05, 0.1) is 11.3 Å². The van der Waals surface area contributed by atoms with Gasteiger partial charge in [0, 0.05) is 11.4 Å². The molecule has 1 aliphatic carbocycles. The molecule has 13 heavy (non-hydrogen) atoms. The van der Waals surface area contributed by atoms with Crippen molar-refractivity contribution in [2.24, 2.45) is 0 Å². The van der Waals surface area contributed by atoms with Gasteiger partial charge in [0.2, 0.25) is 0 Å². The molecule has 0 atom stereocenters. The van der Waals surface area contributed by atoms with Gasteiger partial charge in [-0.1, -0.05) is 11.6 Å². The first-order chi connectivity index (χ1) is 6.11. The highest BCUT2D eigenvalue weighted by atomic mass is 35.5. The number of benzene rings is 1. The number of hydrogen-bond donors (Lipinski definition) is 1. The van der Waals surface area contributed by atoms with E-state index in [0.717, 1.165) is 0 Å². The SMILES string of the molecule is Nc1cc(Cl)c2c(c1F)C(=O)CC2. The van der Waals surface area contributed by atoms with Gasteiger partial charge in [-0.3, -0.25) is 4.79 Å². The molecule has 0 saturated heterocycles. The minimum absolute atomic E-state index is 0.0565. The van der Waals surface area contributed by atoms with Crippen molar-refractivity contribution >= 4 is 23.1 Å². The maximum absolute atomic E-state index is 13.3. The van der Waals surface area contributed by atoms with Crippen LogP contribution in [0.15, 0.2) is 6.07 Å². The van der Waals surface area contributed by atoms with Gasteiger partial charge in [-0.15, -0.1) is 0 Å². The normalized spacial score (nSPS) is 14.8. The average Bonchev–Trinajstić information content (AvgIpc) is 2.44. The van der Waals surface area contributed by atoms with Gasteiger partial charge in [-0.05, 0) is 18.1 Å².